The van der Waals surface area contributed by atoms with Gasteiger partial charge in [-0.3, -0.25) is 0 Å². The predicted octanol–water partition coefficient (Wildman–Crippen LogP) is 1.98. The fourth-order valence-corrected chi connectivity index (χ4v) is 1.38. The van der Waals surface area contributed by atoms with Crippen molar-refractivity contribution in [3.63, 3.8) is 0 Å². The molecule has 0 aliphatic rings. The zero-order valence-electron chi connectivity index (χ0n) is 10.0. The summed E-state index contributed by atoms with van der Waals surface area (Å²) in [6.45, 7) is 4.18. The van der Waals surface area contributed by atoms with Crippen LogP contribution in [0.1, 0.15) is 13.8 Å². The molecule has 0 fully saturated rings. The number of aromatic nitrogens is 1. The van der Waals surface area contributed by atoms with Crippen LogP contribution in [0.15, 0.2) is 12.3 Å². The second-order valence-corrected chi connectivity index (χ2v) is 3.91. The second-order valence-electron chi connectivity index (χ2n) is 3.91. The van der Waals surface area contributed by atoms with Crippen LogP contribution in [-0.2, 0) is 0 Å². The van der Waals surface area contributed by atoms with Gasteiger partial charge in [-0.1, -0.05) is 0 Å². The van der Waals surface area contributed by atoms with Gasteiger partial charge in [0, 0.05) is 26.3 Å². The Morgan fingerprint density at radius 3 is 2.53 bits per heavy atom. The molecule has 0 atom stereocenters. The summed E-state index contributed by atoms with van der Waals surface area (Å²) in [6.07, 6.45) is 1.75. The zero-order chi connectivity index (χ0) is 11.4. The molecule has 1 N–H and O–H groups in total. The molecule has 0 saturated heterocycles. The van der Waals surface area contributed by atoms with Crippen molar-refractivity contribution in [3.8, 4) is 5.88 Å². The van der Waals surface area contributed by atoms with E-state index in [1.54, 1.807) is 13.3 Å². The van der Waals surface area contributed by atoms with Gasteiger partial charge < -0.3 is 15.0 Å². The van der Waals surface area contributed by atoms with E-state index in [1.165, 1.54) is 0 Å². The molecule has 0 spiro atoms. The highest BCUT2D eigenvalue weighted by atomic mass is 16.5. The number of anilines is 2. The number of nitrogens with one attached hydrogen (secondary N) is 1. The molecular formula is C11H19N3O. The van der Waals surface area contributed by atoms with Crippen molar-refractivity contribution in [2.75, 3.05) is 31.4 Å². The fourth-order valence-electron chi connectivity index (χ4n) is 1.38. The van der Waals surface area contributed by atoms with Crippen LogP contribution in [0, 0.1) is 0 Å². The molecule has 4 nitrogen and oxygen atoms in total. The highest BCUT2D eigenvalue weighted by molar-refractivity contribution is 5.74. The summed E-state index contributed by atoms with van der Waals surface area (Å²) >= 11 is 0. The van der Waals surface area contributed by atoms with Gasteiger partial charge in [-0.15, -0.1) is 0 Å². The molecule has 4 heteroatoms. The first-order chi connectivity index (χ1) is 7.06. The van der Waals surface area contributed by atoms with E-state index in [1.807, 2.05) is 25.1 Å². The number of methoxy groups -OCH3 is 1. The molecule has 0 aromatic carbocycles. The minimum Gasteiger partial charge on any atom is -0.479 e. The number of ether oxygens (including phenoxy) is 1. The summed E-state index contributed by atoms with van der Waals surface area (Å²) in [6, 6.07) is 2.31. The summed E-state index contributed by atoms with van der Waals surface area (Å²) in [5.41, 5.74) is 2.02. The SMILES string of the molecule is COc1nccc(N(C)C)c1NC(C)C. The van der Waals surface area contributed by atoms with Crippen molar-refractivity contribution < 1.29 is 4.74 Å². The van der Waals surface area contributed by atoms with Crippen molar-refractivity contribution in [2.45, 2.75) is 19.9 Å². The summed E-state index contributed by atoms with van der Waals surface area (Å²) in [5, 5.41) is 3.35. The summed E-state index contributed by atoms with van der Waals surface area (Å²) in [4.78, 5) is 6.22. The minimum atomic E-state index is 0.349. The monoisotopic (exact) mass is 209 g/mol. The quantitative estimate of drug-likeness (QED) is 0.822. The van der Waals surface area contributed by atoms with E-state index >= 15 is 0 Å². The van der Waals surface area contributed by atoms with Crippen LogP contribution in [0.4, 0.5) is 11.4 Å². The van der Waals surface area contributed by atoms with Gasteiger partial charge in [0.15, 0.2) is 0 Å². The Labute approximate surface area is 91.3 Å². The largest absolute Gasteiger partial charge is 0.479 e. The molecule has 1 heterocycles. The first kappa shape index (κ1) is 11.6. The number of pyridine rings is 1. The molecule has 0 aliphatic carbocycles. The molecule has 0 radical (unpaired) electrons. The maximum atomic E-state index is 5.24. The van der Waals surface area contributed by atoms with E-state index in [4.69, 9.17) is 4.74 Å². The van der Waals surface area contributed by atoms with E-state index in [9.17, 15) is 0 Å². The fraction of sp³-hybridized carbons (Fsp3) is 0.545. The van der Waals surface area contributed by atoms with E-state index in [0.29, 0.717) is 11.9 Å². The van der Waals surface area contributed by atoms with E-state index < -0.39 is 0 Å². The lowest BCUT2D eigenvalue weighted by Gasteiger charge is -2.21. The Balaban J connectivity index is 3.14. The Kier molecular flexibility index (Phi) is 3.77. The Bertz CT molecular complexity index is 324. The van der Waals surface area contributed by atoms with Gasteiger partial charge in [0.2, 0.25) is 5.88 Å². The lowest BCUT2D eigenvalue weighted by Crippen LogP contribution is -2.17. The van der Waals surface area contributed by atoms with Gasteiger partial charge in [0.05, 0.1) is 12.8 Å². The number of hydrogen-bond acceptors (Lipinski definition) is 4. The smallest absolute Gasteiger partial charge is 0.239 e. The minimum absolute atomic E-state index is 0.349. The van der Waals surface area contributed by atoms with Gasteiger partial charge >= 0.3 is 0 Å². The molecule has 0 bridgehead atoms. The third kappa shape index (κ3) is 2.75. The van der Waals surface area contributed by atoms with Crippen LogP contribution in [0.5, 0.6) is 5.88 Å². The van der Waals surface area contributed by atoms with Gasteiger partial charge in [-0.05, 0) is 19.9 Å². The second kappa shape index (κ2) is 4.87. The maximum Gasteiger partial charge on any atom is 0.239 e. The normalized spacial score (nSPS) is 10.3. The Hall–Kier alpha value is -1.45. The zero-order valence-corrected chi connectivity index (χ0v) is 10.0. The lowest BCUT2D eigenvalue weighted by molar-refractivity contribution is 0.399. The number of hydrogen-bond donors (Lipinski definition) is 1. The molecule has 15 heavy (non-hydrogen) atoms. The first-order valence-electron chi connectivity index (χ1n) is 5.03. The third-order valence-electron chi connectivity index (χ3n) is 2.00. The predicted molar refractivity (Wildman–Crippen MR) is 63.9 cm³/mol. The maximum absolute atomic E-state index is 5.24. The van der Waals surface area contributed by atoms with Gasteiger partial charge in [-0.2, -0.15) is 0 Å². The van der Waals surface area contributed by atoms with Crippen molar-refractivity contribution in [3.05, 3.63) is 12.3 Å². The summed E-state index contributed by atoms with van der Waals surface area (Å²) in [7, 11) is 5.63. The topological polar surface area (TPSA) is 37.4 Å². The highest BCUT2D eigenvalue weighted by Gasteiger charge is 2.12. The highest BCUT2D eigenvalue weighted by Crippen LogP contribution is 2.32. The van der Waals surface area contributed by atoms with E-state index in [2.05, 4.69) is 24.1 Å². The lowest BCUT2D eigenvalue weighted by atomic mass is 10.2. The van der Waals surface area contributed by atoms with Gasteiger partial charge in [-0.25, -0.2) is 4.98 Å². The van der Waals surface area contributed by atoms with E-state index in [-0.39, 0.29) is 0 Å². The molecule has 0 unspecified atom stereocenters. The van der Waals surface area contributed by atoms with Gasteiger partial charge in [0.1, 0.15) is 5.69 Å². The average Bonchev–Trinajstić information content (AvgIpc) is 2.16. The molecule has 0 amide bonds. The standard InChI is InChI=1S/C11H19N3O/c1-8(2)13-10-9(14(3)4)6-7-12-11(10)15-5/h6-8,13H,1-5H3. The molecule has 1 rings (SSSR count). The van der Waals surface area contributed by atoms with Crippen molar-refractivity contribution in [1.82, 2.24) is 4.98 Å². The van der Waals surface area contributed by atoms with Crippen LogP contribution in [-0.4, -0.2) is 32.2 Å². The van der Waals surface area contributed by atoms with Crippen LogP contribution in [0.2, 0.25) is 0 Å². The molecule has 0 saturated carbocycles. The number of rotatable bonds is 4. The Morgan fingerprint density at radius 1 is 1.40 bits per heavy atom. The summed E-state index contributed by atoms with van der Waals surface area (Å²) < 4.78 is 5.24. The van der Waals surface area contributed by atoms with Crippen molar-refractivity contribution in [1.29, 1.82) is 0 Å². The van der Waals surface area contributed by atoms with Crippen molar-refractivity contribution in [2.24, 2.45) is 0 Å². The van der Waals surface area contributed by atoms with Crippen LogP contribution in [0.25, 0.3) is 0 Å². The summed E-state index contributed by atoms with van der Waals surface area (Å²) in [5.74, 6) is 0.634. The van der Waals surface area contributed by atoms with Crippen LogP contribution < -0.4 is 15.0 Å². The van der Waals surface area contributed by atoms with Crippen LogP contribution in [0.3, 0.4) is 0 Å². The molecule has 84 valence electrons. The average molecular weight is 209 g/mol. The first-order valence-corrected chi connectivity index (χ1v) is 5.03. The van der Waals surface area contributed by atoms with E-state index in [0.717, 1.165) is 11.4 Å². The van der Waals surface area contributed by atoms with Gasteiger partial charge in [0.25, 0.3) is 0 Å². The molecular weight excluding hydrogens is 190 g/mol. The third-order valence-corrected chi connectivity index (χ3v) is 2.00. The Morgan fingerprint density at radius 2 is 2.07 bits per heavy atom. The number of nitrogens with zero attached hydrogens (tertiary/aromatic N) is 2. The van der Waals surface area contributed by atoms with Crippen LogP contribution >= 0.6 is 0 Å². The van der Waals surface area contributed by atoms with Crippen molar-refractivity contribution >= 4 is 11.4 Å². The molecule has 1 aromatic heterocycles. The molecule has 0 aliphatic heterocycles. The molecule has 1 aromatic rings.